The Bertz CT molecular complexity index is 312. The molecule has 0 saturated heterocycles. The van der Waals surface area contributed by atoms with E-state index in [0.717, 1.165) is 0 Å². The molecule has 1 saturated carbocycles. The van der Waals surface area contributed by atoms with Gasteiger partial charge in [-0.05, 0) is 12.8 Å². The number of hydrogen-bond acceptors (Lipinski definition) is 2. The third-order valence-corrected chi connectivity index (χ3v) is 2.68. The van der Waals surface area contributed by atoms with E-state index in [-0.39, 0.29) is 18.9 Å². The van der Waals surface area contributed by atoms with Crippen molar-refractivity contribution in [3.63, 3.8) is 0 Å². The summed E-state index contributed by atoms with van der Waals surface area (Å²) in [4.78, 5) is 0. The zero-order valence-corrected chi connectivity index (χ0v) is 7.79. The normalized spacial score (nSPS) is 22.4. The largest absolute Gasteiger partial charge is 0.396 e. The summed E-state index contributed by atoms with van der Waals surface area (Å²) in [7, 11) is 0. The number of nitrogens with zero attached hydrogens (tertiary/aromatic N) is 2. The number of anilines is 1. The SMILES string of the molecule is Nc1cnn(C2CCC(F)(F)CC2)c1. The van der Waals surface area contributed by atoms with Crippen LogP contribution < -0.4 is 5.73 Å². The van der Waals surface area contributed by atoms with Crippen LogP contribution in [0.2, 0.25) is 0 Å². The summed E-state index contributed by atoms with van der Waals surface area (Å²) in [5.41, 5.74) is 6.09. The van der Waals surface area contributed by atoms with Crippen LogP contribution in [0, 0.1) is 0 Å². The van der Waals surface area contributed by atoms with Crippen molar-refractivity contribution in [1.29, 1.82) is 0 Å². The maximum Gasteiger partial charge on any atom is 0.248 e. The lowest BCUT2D eigenvalue weighted by Gasteiger charge is -2.28. The lowest BCUT2D eigenvalue weighted by molar-refractivity contribution is -0.0449. The van der Waals surface area contributed by atoms with Gasteiger partial charge in [0.1, 0.15) is 0 Å². The van der Waals surface area contributed by atoms with E-state index in [2.05, 4.69) is 5.10 Å². The number of alkyl halides is 2. The Labute approximate surface area is 80.9 Å². The summed E-state index contributed by atoms with van der Waals surface area (Å²) < 4.78 is 27.4. The minimum Gasteiger partial charge on any atom is -0.396 e. The second kappa shape index (κ2) is 3.22. The third-order valence-electron chi connectivity index (χ3n) is 2.68. The highest BCUT2D eigenvalue weighted by Crippen LogP contribution is 2.38. The molecule has 1 aliphatic rings. The van der Waals surface area contributed by atoms with Gasteiger partial charge in [0.05, 0.1) is 17.9 Å². The van der Waals surface area contributed by atoms with E-state index >= 15 is 0 Å². The van der Waals surface area contributed by atoms with Gasteiger partial charge < -0.3 is 5.73 Å². The zero-order valence-electron chi connectivity index (χ0n) is 7.79. The molecule has 1 aliphatic carbocycles. The van der Waals surface area contributed by atoms with Crippen LogP contribution in [0.15, 0.2) is 12.4 Å². The molecule has 0 radical (unpaired) electrons. The first-order chi connectivity index (χ1) is 6.57. The van der Waals surface area contributed by atoms with Gasteiger partial charge in [-0.25, -0.2) is 8.78 Å². The second-order valence-corrected chi connectivity index (χ2v) is 3.84. The first-order valence-corrected chi connectivity index (χ1v) is 4.74. The first-order valence-electron chi connectivity index (χ1n) is 4.74. The van der Waals surface area contributed by atoms with Gasteiger partial charge in [0.25, 0.3) is 0 Å². The molecule has 3 nitrogen and oxygen atoms in total. The molecule has 2 N–H and O–H groups in total. The number of hydrogen-bond donors (Lipinski definition) is 1. The van der Waals surface area contributed by atoms with Crippen molar-refractivity contribution in [1.82, 2.24) is 9.78 Å². The molecular weight excluding hydrogens is 188 g/mol. The Morgan fingerprint density at radius 2 is 2.07 bits per heavy atom. The zero-order chi connectivity index (χ0) is 10.2. The van der Waals surface area contributed by atoms with Crippen LogP contribution >= 0.6 is 0 Å². The fraction of sp³-hybridized carbons (Fsp3) is 0.667. The van der Waals surface area contributed by atoms with Crippen LogP contribution in [0.1, 0.15) is 31.7 Å². The summed E-state index contributed by atoms with van der Waals surface area (Å²) in [6.07, 6.45) is 4.12. The maximum absolute atomic E-state index is 12.8. The van der Waals surface area contributed by atoms with Crippen molar-refractivity contribution in [2.75, 3.05) is 5.73 Å². The minimum atomic E-state index is -2.48. The molecule has 78 valence electrons. The van der Waals surface area contributed by atoms with Crippen LogP contribution in [-0.2, 0) is 0 Å². The molecule has 1 heterocycles. The molecule has 0 aliphatic heterocycles. The molecule has 5 heteroatoms. The summed E-state index contributed by atoms with van der Waals surface area (Å²) in [5, 5.41) is 4.03. The van der Waals surface area contributed by atoms with Crippen LogP contribution in [0.3, 0.4) is 0 Å². The summed E-state index contributed by atoms with van der Waals surface area (Å²) >= 11 is 0. The monoisotopic (exact) mass is 201 g/mol. The van der Waals surface area contributed by atoms with E-state index in [1.165, 1.54) is 0 Å². The smallest absolute Gasteiger partial charge is 0.248 e. The van der Waals surface area contributed by atoms with Gasteiger partial charge in [-0.1, -0.05) is 0 Å². The predicted molar refractivity (Wildman–Crippen MR) is 49.1 cm³/mol. The molecule has 1 aromatic rings. The maximum atomic E-state index is 12.8. The van der Waals surface area contributed by atoms with E-state index < -0.39 is 5.92 Å². The molecule has 14 heavy (non-hydrogen) atoms. The number of nitrogens with two attached hydrogens (primary N) is 1. The first kappa shape index (κ1) is 9.43. The van der Waals surface area contributed by atoms with Crippen LogP contribution in [0.5, 0.6) is 0 Å². The Morgan fingerprint density at radius 1 is 1.43 bits per heavy atom. The Balaban J connectivity index is 2.02. The lowest BCUT2D eigenvalue weighted by Crippen LogP contribution is -2.26. The average molecular weight is 201 g/mol. The van der Waals surface area contributed by atoms with E-state index in [0.29, 0.717) is 18.5 Å². The summed E-state index contributed by atoms with van der Waals surface area (Å²) in [6, 6.07) is 0.0897. The standard InChI is InChI=1S/C9H13F2N3/c10-9(11)3-1-8(2-4-9)14-6-7(12)5-13-14/h5-6,8H,1-4,12H2. The van der Waals surface area contributed by atoms with Crippen molar-refractivity contribution >= 4 is 5.69 Å². The molecule has 0 unspecified atom stereocenters. The average Bonchev–Trinajstić information content (AvgIpc) is 2.52. The van der Waals surface area contributed by atoms with Crippen LogP contribution in [0.4, 0.5) is 14.5 Å². The fourth-order valence-electron chi connectivity index (χ4n) is 1.84. The Morgan fingerprint density at radius 3 is 2.57 bits per heavy atom. The van der Waals surface area contributed by atoms with Crippen molar-refractivity contribution in [3.05, 3.63) is 12.4 Å². The van der Waals surface area contributed by atoms with E-state index in [9.17, 15) is 8.78 Å². The molecule has 2 rings (SSSR count). The van der Waals surface area contributed by atoms with Gasteiger partial charge in [0, 0.05) is 19.0 Å². The second-order valence-electron chi connectivity index (χ2n) is 3.84. The van der Waals surface area contributed by atoms with Crippen molar-refractivity contribution in [3.8, 4) is 0 Å². The number of rotatable bonds is 1. The van der Waals surface area contributed by atoms with Gasteiger partial charge in [0.2, 0.25) is 5.92 Å². The van der Waals surface area contributed by atoms with Crippen LogP contribution in [0.25, 0.3) is 0 Å². The molecule has 1 fully saturated rings. The molecule has 0 spiro atoms. The van der Waals surface area contributed by atoms with Gasteiger partial charge in [0.15, 0.2) is 0 Å². The Kier molecular flexibility index (Phi) is 2.17. The number of nitrogen functional groups attached to an aromatic ring is 1. The van der Waals surface area contributed by atoms with E-state index in [1.807, 2.05) is 0 Å². The summed E-state index contributed by atoms with van der Waals surface area (Å²) in [6.45, 7) is 0. The van der Waals surface area contributed by atoms with E-state index in [4.69, 9.17) is 5.73 Å². The Hall–Kier alpha value is -1.13. The van der Waals surface area contributed by atoms with Gasteiger partial charge >= 0.3 is 0 Å². The van der Waals surface area contributed by atoms with Crippen molar-refractivity contribution in [2.24, 2.45) is 0 Å². The molecule has 1 aromatic heterocycles. The quantitative estimate of drug-likeness (QED) is 0.757. The number of halogens is 2. The fourth-order valence-corrected chi connectivity index (χ4v) is 1.84. The molecular formula is C9H13F2N3. The highest BCUT2D eigenvalue weighted by atomic mass is 19.3. The minimum absolute atomic E-state index is 0.0442. The highest BCUT2D eigenvalue weighted by molar-refractivity contribution is 5.30. The summed E-state index contributed by atoms with van der Waals surface area (Å²) in [5.74, 6) is -2.48. The molecule has 0 aromatic carbocycles. The highest BCUT2D eigenvalue weighted by Gasteiger charge is 2.35. The topological polar surface area (TPSA) is 43.8 Å². The van der Waals surface area contributed by atoms with E-state index in [1.54, 1.807) is 17.1 Å². The van der Waals surface area contributed by atoms with Gasteiger partial charge in [-0.2, -0.15) is 5.10 Å². The number of aromatic nitrogens is 2. The van der Waals surface area contributed by atoms with Gasteiger partial charge in [-0.15, -0.1) is 0 Å². The van der Waals surface area contributed by atoms with Gasteiger partial charge in [-0.3, -0.25) is 4.68 Å². The van der Waals surface area contributed by atoms with Crippen LogP contribution in [-0.4, -0.2) is 15.7 Å². The predicted octanol–water partition coefficient (Wildman–Crippen LogP) is 2.22. The molecule has 0 amide bonds. The molecule has 0 bridgehead atoms. The third kappa shape index (κ3) is 1.86. The van der Waals surface area contributed by atoms with Crippen molar-refractivity contribution < 1.29 is 8.78 Å². The molecule has 0 atom stereocenters. The van der Waals surface area contributed by atoms with Crippen molar-refractivity contribution in [2.45, 2.75) is 37.6 Å². The lowest BCUT2D eigenvalue weighted by atomic mass is 9.92.